The van der Waals surface area contributed by atoms with Gasteiger partial charge in [-0.3, -0.25) is 0 Å². The van der Waals surface area contributed by atoms with Gasteiger partial charge in [-0.05, 0) is 31.5 Å². The third-order valence-corrected chi connectivity index (χ3v) is 4.91. The molecule has 4 rings (SSSR count). The lowest BCUT2D eigenvalue weighted by Crippen LogP contribution is -2.47. The number of anilines is 2. The fraction of sp³-hybridized carbons (Fsp3) is 0.368. The second-order valence-corrected chi connectivity index (χ2v) is 6.63. The predicted octanol–water partition coefficient (Wildman–Crippen LogP) is 2.91. The molecule has 124 valence electrons. The smallest absolute Gasteiger partial charge is 0.145 e. The van der Waals surface area contributed by atoms with Gasteiger partial charge in [0.2, 0.25) is 0 Å². The number of nitrogens with zero attached hydrogens (tertiary/aromatic N) is 5. The molecule has 0 N–H and O–H groups in total. The highest BCUT2D eigenvalue weighted by molar-refractivity contribution is 5.87. The quantitative estimate of drug-likeness (QED) is 0.727. The van der Waals surface area contributed by atoms with Crippen LogP contribution in [0.5, 0.6) is 0 Å². The van der Waals surface area contributed by atoms with E-state index < -0.39 is 0 Å². The van der Waals surface area contributed by atoms with Gasteiger partial charge in [0, 0.05) is 45.1 Å². The van der Waals surface area contributed by atoms with Crippen molar-refractivity contribution in [1.82, 2.24) is 14.5 Å². The van der Waals surface area contributed by atoms with Crippen molar-refractivity contribution in [2.24, 2.45) is 7.05 Å². The second-order valence-electron chi connectivity index (χ2n) is 6.63. The first-order chi connectivity index (χ1) is 11.6. The van der Waals surface area contributed by atoms with Crippen LogP contribution in [0.25, 0.3) is 11.0 Å². The highest BCUT2D eigenvalue weighted by atomic mass is 15.3. The normalized spacial score (nSPS) is 15.3. The molecule has 5 heteroatoms. The Kier molecular flexibility index (Phi) is 3.63. The molecule has 3 aromatic rings. The van der Waals surface area contributed by atoms with Crippen LogP contribution in [0.1, 0.15) is 11.1 Å². The van der Waals surface area contributed by atoms with Gasteiger partial charge in [0.15, 0.2) is 0 Å². The zero-order valence-electron chi connectivity index (χ0n) is 14.5. The van der Waals surface area contributed by atoms with Gasteiger partial charge >= 0.3 is 0 Å². The van der Waals surface area contributed by atoms with Gasteiger partial charge in [-0.25, -0.2) is 9.97 Å². The van der Waals surface area contributed by atoms with E-state index in [1.165, 1.54) is 16.8 Å². The Morgan fingerprint density at radius 3 is 2.42 bits per heavy atom. The van der Waals surface area contributed by atoms with Crippen molar-refractivity contribution in [2.45, 2.75) is 13.8 Å². The molecule has 1 aliphatic heterocycles. The summed E-state index contributed by atoms with van der Waals surface area (Å²) in [4.78, 5) is 13.8. The Morgan fingerprint density at radius 2 is 1.67 bits per heavy atom. The molecule has 24 heavy (non-hydrogen) atoms. The summed E-state index contributed by atoms with van der Waals surface area (Å²) in [5.41, 5.74) is 5.03. The number of piperazine rings is 1. The molecule has 0 amide bonds. The van der Waals surface area contributed by atoms with Crippen LogP contribution < -0.4 is 9.80 Å². The summed E-state index contributed by atoms with van der Waals surface area (Å²) in [6.45, 7) is 8.34. The summed E-state index contributed by atoms with van der Waals surface area (Å²) < 4.78 is 2.05. The molecular formula is C19H23N5. The van der Waals surface area contributed by atoms with Gasteiger partial charge in [0.1, 0.15) is 17.8 Å². The number of hydrogen-bond donors (Lipinski definition) is 0. The maximum absolute atomic E-state index is 4.55. The second kappa shape index (κ2) is 5.82. The number of benzene rings is 1. The van der Waals surface area contributed by atoms with Crippen molar-refractivity contribution in [3.05, 3.63) is 47.9 Å². The maximum atomic E-state index is 4.55. The van der Waals surface area contributed by atoms with Crippen molar-refractivity contribution in [1.29, 1.82) is 0 Å². The van der Waals surface area contributed by atoms with Gasteiger partial charge in [-0.1, -0.05) is 17.7 Å². The van der Waals surface area contributed by atoms with E-state index in [2.05, 4.69) is 64.1 Å². The topological polar surface area (TPSA) is 37.2 Å². The van der Waals surface area contributed by atoms with E-state index in [0.29, 0.717) is 0 Å². The summed E-state index contributed by atoms with van der Waals surface area (Å²) in [6, 6.07) is 8.83. The Morgan fingerprint density at radius 1 is 0.917 bits per heavy atom. The lowest BCUT2D eigenvalue weighted by atomic mass is 10.1. The number of fused-ring (bicyclic) bond motifs is 1. The number of hydrogen-bond acceptors (Lipinski definition) is 4. The zero-order chi connectivity index (χ0) is 16.7. The minimum Gasteiger partial charge on any atom is -0.368 e. The number of aromatic nitrogens is 3. The summed E-state index contributed by atoms with van der Waals surface area (Å²) in [6.07, 6.45) is 3.73. The van der Waals surface area contributed by atoms with Gasteiger partial charge in [-0.2, -0.15) is 0 Å². The summed E-state index contributed by atoms with van der Waals surface area (Å²) in [7, 11) is 2.03. The van der Waals surface area contributed by atoms with E-state index in [9.17, 15) is 0 Å². The maximum Gasteiger partial charge on any atom is 0.145 e. The molecule has 5 nitrogen and oxygen atoms in total. The van der Waals surface area contributed by atoms with Crippen LogP contribution in [0.3, 0.4) is 0 Å². The number of aryl methyl sites for hydroxylation is 3. The Labute approximate surface area is 142 Å². The van der Waals surface area contributed by atoms with E-state index in [4.69, 9.17) is 0 Å². The molecule has 1 saturated heterocycles. The molecule has 3 heterocycles. The van der Waals surface area contributed by atoms with Gasteiger partial charge in [0.25, 0.3) is 0 Å². The highest BCUT2D eigenvalue weighted by Crippen LogP contribution is 2.27. The standard InChI is InChI=1S/C19H23N5/c1-14-4-5-17(15(2)12-14)23-8-10-24(11-9-23)19-16-6-7-22(3)18(16)20-13-21-19/h4-7,12-13H,8-11H2,1-3H3. The third kappa shape index (κ3) is 2.50. The summed E-state index contributed by atoms with van der Waals surface area (Å²) in [5, 5.41) is 1.14. The van der Waals surface area contributed by atoms with Crippen molar-refractivity contribution in [3.63, 3.8) is 0 Å². The van der Waals surface area contributed by atoms with E-state index >= 15 is 0 Å². The fourth-order valence-corrected chi connectivity index (χ4v) is 3.64. The van der Waals surface area contributed by atoms with Gasteiger partial charge in [-0.15, -0.1) is 0 Å². The molecule has 0 bridgehead atoms. The van der Waals surface area contributed by atoms with Crippen LogP contribution in [0, 0.1) is 13.8 Å². The molecule has 1 aromatic carbocycles. The Balaban J connectivity index is 1.55. The van der Waals surface area contributed by atoms with Crippen LogP contribution in [0.2, 0.25) is 0 Å². The molecule has 0 spiro atoms. The molecular weight excluding hydrogens is 298 g/mol. The molecule has 0 atom stereocenters. The first kappa shape index (κ1) is 15.0. The molecule has 2 aromatic heterocycles. The molecule has 0 unspecified atom stereocenters. The van der Waals surface area contributed by atoms with Crippen LogP contribution in [0.15, 0.2) is 36.8 Å². The van der Waals surface area contributed by atoms with Crippen molar-refractivity contribution in [3.8, 4) is 0 Å². The average Bonchev–Trinajstić information content (AvgIpc) is 2.97. The monoisotopic (exact) mass is 321 g/mol. The average molecular weight is 321 g/mol. The summed E-state index contributed by atoms with van der Waals surface area (Å²) in [5.74, 6) is 1.06. The minimum atomic E-state index is 0.980. The van der Waals surface area contributed by atoms with Crippen molar-refractivity contribution < 1.29 is 0 Å². The molecule has 0 aliphatic carbocycles. The first-order valence-corrected chi connectivity index (χ1v) is 8.46. The van der Waals surface area contributed by atoms with E-state index in [1.54, 1.807) is 6.33 Å². The predicted molar refractivity (Wildman–Crippen MR) is 98.9 cm³/mol. The highest BCUT2D eigenvalue weighted by Gasteiger charge is 2.21. The van der Waals surface area contributed by atoms with Crippen LogP contribution in [-0.4, -0.2) is 40.7 Å². The minimum absolute atomic E-state index is 0.980. The molecule has 1 fully saturated rings. The van der Waals surface area contributed by atoms with Crippen LogP contribution in [-0.2, 0) is 7.05 Å². The first-order valence-electron chi connectivity index (χ1n) is 8.46. The van der Waals surface area contributed by atoms with Crippen LogP contribution >= 0.6 is 0 Å². The zero-order valence-corrected chi connectivity index (χ0v) is 14.5. The van der Waals surface area contributed by atoms with Crippen molar-refractivity contribution >= 4 is 22.5 Å². The lowest BCUT2D eigenvalue weighted by molar-refractivity contribution is 0.647. The Bertz CT molecular complexity index is 875. The molecule has 0 saturated carbocycles. The van der Waals surface area contributed by atoms with Gasteiger partial charge in [0.05, 0.1) is 5.39 Å². The molecule has 0 radical (unpaired) electrons. The van der Waals surface area contributed by atoms with Crippen LogP contribution in [0.4, 0.5) is 11.5 Å². The fourth-order valence-electron chi connectivity index (χ4n) is 3.64. The van der Waals surface area contributed by atoms with Crippen molar-refractivity contribution in [2.75, 3.05) is 36.0 Å². The SMILES string of the molecule is Cc1ccc(N2CCN(c3ncnc4c3ccn4C)CC2)c(C)c1. The number of rotatable bonds is 2. The van der Waals surface area contributed by atoms with Gasteiger partial charge < -0.3 is 14.4 Å². The summed E-state index contributed by atoms with van der Waals surface area (Å²) >= 11 is 0. The van der Waals surface area contributed by atoms with E-state index in [1.807, 2.05) is 11.6 Å². The third-order valence-electron chi connectivity index (χ3n) is 4.91. The van der Waals surface area contributed by atoms with E-state index in [0.717, 1.165) is 43.0 Å². The molecule has 1 aliphatic rings. The largest absolute Gasteiger partial charge is 0.368 e. The lowest BCUT2D eigenvalue weighted by Gasteiger charge is -2.37. The Hall–Kier alpha value is -2.56. The van der Waals surface area contributed by atoms with E-state index in [-0.39, 0.29) is 0 Å².